The molecule has 1 saturated heterocycles. The Morgan fingerprint density at radius 2 is 1.97 bits per heavy atom. The fourth-order valence-corrected chi connectivity index (χ4v) is 3.46. The van der Waals surface area contributed by atoms with Gasteiger partial charge in [0.1, 0.15) is 5.75 Å². The molecule has 1 aliphatic rings. The molecule has 29 heavy (non-hydrogen) atoms. The zero-order chi connectivity index (χ0) is 20.2. The van der Waals surface area contributed by atoms with Crippen molar-refractivity contribution < 1.29 is 9.53 Å². The first kappa shape index (κ1) is 19.3. The molecule has 1 N–H and O–H groups in total. The van der Waals surface area contributed by atoms with Gasteiger partial charge in [-0.3, -0.25) is 10.2 Å². The second kappa shape index (κ2) is 8.55. The van der Waals surface area contributed by atoms with E-state index in [1.165, 1.54) is 0 Å². The third-order valence-corrected chi connectivity index (χ3v) is 5.11. The Bertz CT molecular complexity index is 1020. The van der Waals surface area contributed by atoms with E-state index in [1.54, 1.807) is 6.07 Å². The molecule has 1 aromatic heterocycles. The lowest BCUT2D eigenvalue weighted by Gasteiger charge is -2.32. The summed E-state index contributed by atoms with van der Waals surface area (Å²) in [7, 11) is 2.13. The highest BCUT2D eigenvalue weighted by Gasteiger charge is 2.15. The lowest BCUT2D eigenvalue weighted by atomic mass is 9.99. The van der Waals surface area contributed by atoms with Gasteiger partial charge in [-0.2, -0.15) is 0 Å². The summed E-state index contributed by atoms with van der Waals surface area (Å²) >= 11 is 0. The summed E-state index contributed by atoms with van der Waals surface area (Å²) in [5.41, 5.74) is 6.56. The molecule has 2 heterocycles. The van der Waals surface area contributed by atoms with Crippen LogP contribution in [-0.4, -0.2) is 66.0 Å². The number of hydrazine groups is 1. The normalized spacial score (nSPS) is 15.4. The topological polar surface area (TPSA) is 70.6 Å². The van der Waals surface area contributed by atoms with E-state index in [9.17, 15) is 4.79 Å². The van der Waals surface area contributed by atoms with Gasteiger partial charge in [0, 0.05) is 43.3 Å². The van der Waals surface area contributed by atoms with E-state index in [4.69, 9.17) is 4.74 Å². The molecule has 1 fully saturated rings. The van der Waals surface area contributed by atoms with Crippen LogP contribution in [-0.2, 0) is 0 Å². The van der Waals surface area contributed by atoms with E-state index < -0.39 is 0 Å². The second-order valence-electron chi connectivity index (χ2n) is 7.17. The maximum atomic E-state index is 11.5. The quantitative estimate of drug-likeness (QED) is 0.648. The van der Waals surface area contributed by atoms with Gasteiger partial charge in [0.25, 0.3) is 0 Å². The van der Waals surface area contributed by atoms with Crippen LogP contribution in [0.25, 0.3) is 22.0 Å². The van der Waals surface area contributed by atoms with Gasteiger partial charge in [-0.25, -0.2) is 15.0 Å². The summed E-state index contributed by atoms with van der Waals surface area (Å²) in [5, 5.41) is 3.07. The predicted octanol–water partition coefficient (Wildman–Crippen LogP) is 3.08. The van der Waals surface area contributed by atoms with Gasteiger partial charge in [0.2, 0.25) is 5.95 Å². The number of anilines is 1. The van der Waals surface area contributed by atoms with Crippen molar-refractivity contribution in [3.05, 3.63) is 48.2 Å². The molecule has 0 saturated carbocycles. The van der Waals surface area contributed by atoms with Crippen molar-refractivity contribution in [2.45, 2.75) is 6.92 Å². The fourth-order valence-electron chi connectivity index (χ4n) is 3.46. The lowest BCUT2D eigenvalue weighted by Crippen LogP contribution is -2.47. The number of nitrogens with zero attached hydrogens (tertiary/aromatic N) is 4. The number of benzene rings is 2. The molecule has 4 rings (SSSR count). The smallest absolute Gasteiger partial charge is 0.238 e. The van der Waals surface area contributed by atoms with Crippen molar-refractivity contribution in [1.29, 1.82) is 0 Å². The Hall–Kier alpha value is -3.03. The van der Waals surface area contributed by atoms with Crippen molar-refractivity contribution in [3.63, 3.8) is 0 Å². The van der Waals surface area contributed by atoms with Crippen LogP contribution in [0.5, 0.6) is 5.75 Å². The van der Waals surface area contributed by atoms with Gasteiger partial charge in [-0.1, -0.05) is 6.07 Å². The van der Waals surface area contributed by atoms with Gasteiger partial charge < -0.3 is 9.64 Å². The van der Waals surface area contributed by atoms with Crippen LogP contribution in [0, 0.1) is 0 Å². The van der Waals surface area contributed by atoms with Crippen LogP contribution in [0.15, 0.2) is 42.6 Å². The molecule has 0 spiro atoms. The summed E-state index contributed by atoms with van der Waals surface area (Å²) in [5.74, 6) is 1.35. The first-order valence-corrected chi connectivity index (χ1v) is 9.85. The molecular weight excluding hydrogens is 366 g/mol. The molecule has 3 aromatic rings. The molecule has 0 atom stereocenters. The number of fused-ring (bicyclic) bond motifs is 1. The standard InChI is InChI=1S/C22H25N5O2/c1-3-29-19-6-4-17(15-28)20(13-19)16-5-7-21-18(12-16)14-23-22(24-21)25-27-10-8-26(2)9-11-27/h4-7,12-15H,3,8-11H2,1-2H3,(H,23,24,25). The molecule has 1 aliphatic heterocycles. The Balaban J connectivity index is 1.60. The average Bonchev–Trinajstić information content (AvgIpc) is 2.75. The van der Waals surface area contributed by atoms with Gasteiger partial charge in [-0.05, 0) is 55.4 Å². The minimum Gasteiger partial charge on any atom is -0.494 e. The summed E-state index contributed by atoms with van der Waals surface area (Å²) < 4.78 is 5.59. The summed E-state index contributed by atoms with van der Waals surface area (Å²) in [6.07, 6.45) is 2.69. The van der Waals surface area contributed by atoms with Gasteiger partial charge >= 0.3 is 0 Å². The number of hydrogen-bond donors (Lipinski definition) is 1. The van der Waals surface area contributed by atoms with Gasteiger partial charge in [0.15, 0.2) is 6.29 Å². The highest BCUT2D eigenvalue weighted by Crippen LogP contribution is 2.29. The monoisotopic (exact) mass is 391 g/mol. The summed E-state index contributed by atoms with van der Waals surface area (Å²) in [4.78, 5) is 22.9. The fraction of sp³-hybridized carbons (Fsp3) is 0.318. The molecule has 0 aliphatic carbocycles. The molecule has 7 nitrogen and oxygen atoms in total. The van der Waals surface area contributed by atoms with Crippen LogP contribution in [0.2, 0.25) is 0 Å². The van der Waals surface area contributed by atoms with Crippen molar-refractivity contribution in [1.82, 2.24) is 19.9 Å². The van der Waals surface area contributed by atoms with Crippen molar-refractivity contribution >= 4 is 23.1 Å². The molecule has 7 heteroatoms. The largest absolute Gasteiger partial charge is 0.494 e. The Morgan fingerprint density at radius 1 is 1.14 bits per heavy atom. The molecule has 0 unspecified atom stereocenters. The number of nitrogens with one attached hydrogen (secondary N) is 1. The number of hydrogen-bond acceptors (Lipinski definition) is 7. The van der Waals surface area contributed by atoms with Crippen molar-refractivity contribution in [2.75, 3.05) is 45.3 Å². The third kappa shape index (κ3) is 4.36. The van der Waals surface area contributed by atoms with Crippen LogP contribution in [0.1, 0.15) is 17.3 Å². The van der Waals surface area contributed by atoms with Gasteiger partial charge in [-0.15, -0.1) is 0 Å². The van der Waals surface area contributed by atoms with E-state index in [0.717, 1.165) is 60.2 Å². The zero-order valence-electron chi connectivity index (χ0n) is 16.8. The van der Waals surface area contributed by atoms with E-state index in [2.05, 4.69) is 32.4 Å². The highest BCUT2D eigenvalue weighted by atomic mass is 16.5. The third-order valence-electron chi connectivity index (χ3n) is 5.11. The SMILES string of the molecule is CCOc1ccc(C=O)c(-c2ccc3nc(NN4CCN(C)CC4)ncc3c2)c1. The van der Waals surface area contributed by atoms with E-state index in [0.29, 0.717) is 18.1 Å². The van der Waals surface area contributed by atoms with Gasteiger partial charge in [0.05, 0.1) is 12.1 Å². The summed E-state index contributed by atoms with van der Waals surface area (Å²) in [6, 6.07) is 11.5. The molecule has 150 valence electrons. The zero-order valence-corrected chi connectivity index (χ0v) is 16.8. The maximum Gasteiger partial charge on any atom is 0.238 e. The Morgan fingerprint density at radius 3 is 2.72 bits per heavy atom. The van der Waals surface area contributed by atoms with Crippen LogP contribution in [0.4, 0.5) is 5.95 Å². The number of aromatic nitrogens is 2. The molecule has 0 radical (unpaired) electrons. The number of ether oxygens (including phenoxy) is 1. The van der Waals surface area contributed by atoms with Crippen molar-refractivity contribution in [3.8, 4) is 16.9 Å². The number of carbonyl (C=O) groups is 1. The lowest BCUT2D eigenvalue weighted by molar-refractivity contribution is 0.112. The molecule has 0 bridgehead atoms. The highest BCUT2D eigenvalue weighted by molar-refractivity contribution is 5.92. The van der Waals surface area contributed by atoms with Crippen LogP contribution in [0.3, 0.4) is 0 Å². The summed E-state index contributed by atoms with van der Waals surface area (Å²) in [6.45, 7) is 6.42. The van der Waals surface area contributed by atoms with E-state index in [-0.39, 0.29) is 0 Å². The molecular formula is C22H25N5O2. The minimum atomic E-state index is 0.578. The molecule has 2 aromatic carbocycles. The minimum absolute atomic E-state index is 0.578. The average molecular weight is 391 g/mol. The Kier molecular flexibility index (Phi) is 5.69. The first-order valence-electron chi connectivity index (χ1n) is 9.85. The number of likely N-dealkylation sites (N-methyl/N-ethyl adjacent to an activating group) is 1. The Labute approximate surface area is 170 Å². The number of aldehydes is 1. The predicted molar refractivity (Wildman–Crippen MR) is 114 cm³/mol. The van der Waals surface area contributed by atoms with Crippen molar-refractivity contribution in [2.24, 2.45) is 0 Å². The second-order valence-corrected chi connectivity index (χ2v) is 7.17. The number of carbonyl (C=O) groups excluding carboxylic acids is 1. The van der Waals surface area contributed by atoms with Crippen LogP contribution < -0.4 is 10.2 Å². The van der Waals surface area contributed by atoms with E-state index >= 15 is 0 Å². The number of piperazine rings is 1. The first-order chi connectivity index (χ1) is 14.2. The van der Waals surface area contributed by atoms with E-state index in [1.807, 2.05) is 43.5 Å². The van der Waals surface area contributed by atoms with Crippen LogP contribution >= 0.6 is 0 Å². The molecule has 0 amide bonds. The maximum absolute atomic E-state index is 11.5. The number of rotatable bonds is 6.